The highest BCUT2D eigenvalue weighted by molar-refractivity contribution is 5.58. The van der Waals surface area contributed by atoms with Crippen LogP contribution in [0.2, 0.25) is 0 Å². The molecule has 2 aromatic rings. The second kappa shape index (κ2) is 4.70. The molecule has 0 saturated heterocycles. The third kappa shape index (κ3) is 2.23. The van der Waals surface area contributed by atoms with Gasteiger partial charge in [0.15, 0.2) is 0 Å². The highest BCUT2D eigenvalue weighted by atomic mass is 14.7. The summed E-state index contributed by atoms with van der Waals surface area (Å²) in [6.07, 6.45) is 7.51. The largest absolute Gasteiger partial charge is 0.256 e. The summed E-state index contributed by atoms with van der Waals surface area (Å²) in [6.45, 7) is 0. The number of pyridine rings is 1. The fraction of sp³-hybridized carbons (Fsp3) is 0.312. The number of aromatic nitrogens is 1. The molecule has 86 valence electrons. The lowest BCUT2D eigenvalue weighted by atomic mass is 9.99. The molecular formula is C16H17N. The van der Waals surface area contributed by atoms with E-state index in [1.165, 1.54) is 36.8 Å². The lowest BCUT2D eigenvalue weighted by molar-refractivity contribution is 0.719. The van der Waals surface area contributed by atoms with Gasteiger partial charge in [0.05, 0.1) is 5.69 Å². The van der Waals surface area contributed by atoms with E-state index in [0.717, 1.165) is 11.6 Å². The molecule has 1 aromatic carbocycles. The second-order valence-electron chi connectivity index (χ2n) is 4.82. The zero-order valence-corrected chi connectivity index (χ0v) is 9.97. The molecule has 1 fully saturated rings. The van der Waals surface area contributed by atoms with Gasteiger partial charge >= 0.3 is 0 Å². The second-order valence-corrected chi connectivity index (χ2v) is 4.82. The van der Waals surface area contributed by atoms with Crippen molar-refractivity contribution in [3.63, 3.8) is 0 Å². The molecule has 0 bridgehead atoms. The van der Waals surface area contributed by atoms with E-state index in [4.69, 9.17) is 0 Å². The Morgan fingerprint density at radius 3 is 2.29 bits per heavy atom. The summed E-state index contributed by atoms with van der Waals surface area (Å²) in [5.41, 5.74) is 3.69. The molecule has 17 heavy (non-hydrogen) atoms. The van der Waals surface area contributed by atoms with Crippen LogP contribution in [0.15, 0.2) is 48.7 Å². The molecule has 3 rings (SSSR count). The molecule has 1 heterocycles. The van der Waals surface area contributed by atoms with Crippen molar-refractivity contribution in [2.75, 3.05) is 0 Å². The van der Waals surface area contributed by atoms with Crippen LogP contribution in [-0.2, 0) is 0 Å². The van der Waals surface area contributed by atoms with Crippen LogP contribution >= 0.6 is 0 Å². The fourth-order valence-corrected chi connectivity index (χ4v) is 2.69. The summed E-state index contributed by atoms with van der Waals surface area (Å²) in [6, 6.07) is 14.8. The van der Waals surface area contributed by atoms with Crippen molar-refractivity contribution >= 4 is 0 Å². The van der Waals surface area contributed by atoms with Crippen LogP contribution in [-0.4, -0.2) is 4.98 Å². The smallest absolute Gasteiger partial charge is 0.0702 e. The van der Waals surface area contributed by atoms with Gasteiger partial charge in [0, 0.05) is 11.8 Å². The third-order valence-electron chi connectivity index (χ3n) is 3.68. The number of rotatable bonds is 2. The van der Waals surface area contributed by atoms with Gasteiger partial charge in [-0.15, -0.1) is 0 Å². The first-order valence-electron chi connectivity index (χ1n) is 6.45. The fourth-order valence-electron chi connectivity index (χ4n) is 2.69. The van der Waals surface area contributed by atoms with Crippen LogP contribution in [0.5, 0.6) is 0 Å². The predicted molar refractivity (Wildman–Crippen MR) is 70.9 cm³/mol. The first kappa shape index (κ1) is 10.5. The van der Waals surface area contributed by atoms with Gasteiger partial charge in [0.2, 0.25) is 0 Å². The Labute approximate surface area is 103 Å². The van der Waals surface area contributed by atoms with E-state index < -0.39 is 0 Å². The number of hydrogen-bond donors (Lipinski definition) is 0. The molecule has 1 heteroatoms. The topological polar surface area (TPSA) is 12.9 Å². The van der Waals surface area contributed by atoms with Crippen molar-refractivity contribution in [2.24, 2.45) is 0 Å². The number of hydrogen-bond acceptors (Lipinski definition) is 1. The van der Waals surface area contributed by atoms with Gasteiger partial charge < -0.3 is 0 Å². The molecule has 1 aromatic heterocycles. The van der Waals surface area contributed by atoms with Crippen LogP contribution in [0, 0.1) is 0 Å². The van der Waals surface area contributed by atoms with Crippen molar-refractivity contribution in [1.29, 1.82) is 0 Å². The third-order valence-corrected chi connectivity index (χ3v) is 3.68. The molecule has 1 saturated carbocycles. The quantitative estimate of drug-likeness (QED) is 0.735. The highest BCUT2D eigenvalue weighted by Gasteiger charge is 2.17. The van der Waals surface area contributed by atoms with Crippen LogP contribution in [0.4, 0.5) is 0 Å². The molecule has 1 nitrogen and oxygen atoms in total. The van der Waals surface area contributed by atoms with Crippen LogP contribution < -0.4 is 0 Å². The average Bonchev–Trinajstić information content (AvgIpc) is 2.94. The minimum Gasteiger partial charge on any atom is -0.256 e. The summed E-state index contributed by atoms with van der Waals surface area (Å²) in [5, 5.41) is 0. The highest BCUT2D eigenvalue weighted by Crippen LogP contribution is 2.34. The maximum atomic E-state index is 4.59. The van der Waals surface area contributed by atoms with Crippen molar-refractivity contribution in [3.8, 4) is 11.3 Å². The lowest BCUT2D eigenvalue weighted by Crippen LogP contribution is -1.93. The standard InChI is InChI=1S/C16H17N/c1-2-8-14(9-3-1)16-11-10-15(12-17-16)13-6-4-5-7-13/h1-3,8-13H,4-7H2. The Bertz CT molecular complexity index is 467. The van der Waals surface area contributed by atoms with Crippen LogP contribution in [0.3, 0.4) is 0 Å². The molecule has 1 aliphatic carbocycles. The molecule has 0 radical (unpaired) electrons. The normalized spacial score (nSPS) is 16.2. The van der Waals surface area contributed by atoms with Gasteiger partial charge in [0.25, 0.3) is 0 Å². The van der Waals surface area contributed by atoms with E-state index in [2.05, 4.69) is 47.6 Å². The molecule has 0 aliphatic heterocycles. The molecule has 0 N–H and O–H groups in total. The van der Waals surface area contributed by atoms with E-state index in [1.54, 1.807) is 0 Å². The molecule has 0 atom stereocenters. The van der Waals surface area contributed by atoms with Crippen molar-refractivity contribution in [2.45, 2.75) is 31.6 Å². The Morgan fingerprint density at radius 1 is 0.882 bits per heavy atom. The van der Waals surface area contributed by atoms with E-state index >= 15 is 0 Å². The molecule has 0 amide bonds. The van der Waals surface area contributed by atoms with Crippen molar-refractivity contribution in [3.05, 3.63) is 54.2 Å². The zero-order valence-electron chi connectivity index (χ0n) is 9.97. The minimum atomic E-state index is 0.757. The van der Waals surface area contributed by atoms with Crippen molar-refractivity contribution < 1.29 is 0 Å². The van der Waals surface area contributed by atoms with Gasteiger partial charge in [-0.3, -0.25) is 4.98 Å². The maximum absolute atomic E-state index is 4.59. The summed E-state index contributed by atoms with van der Waals surface area (Å²) < 4.78 is 0. The minimum absolute atomic E-state index is 0.757. The van der Waals surface area contributed by atoms with Gasteiger partial charge in [-0.1, -0.05) is 49.2 Å². The van der Waals surface area contributed by atoms with Gasteiger partial charge in [0.1, 0.15) is 0 Å². The maximum Gasteiger partial charge on any atom is 0.0702 e. The van der Waals surface area contributed by atoms with E-state index in [0.29, 0.717) is 0 Å². The summed E-state index contributed by atoms with van der Waals surface area (Å²) in [4.78, 5) is 4.59. The summed E-state index contributed by atoms with van der Waals surface area (Å²) >= 11 is 0. The van der Waals surface area contributed by atoms with E-state index in [1.807, 2.05) is 6.07 Å². The first-order valence-corrected chi connectivity index (χ1v) is 6.45. The van der Waals surface area contributed by atoms with E-state index in [-0.39, 0.29) is 0 Å². The summed E-state index contributed by atoms with van der Waals surface area (Å²) in [5.74, 6) is 0.757. The molecule has 1 aliphatic rings. The monoisotopic (exact) mass is 223 g/mol. The van der Waals surface area contributed by atoms with Crippen molar-refractivity contribution in [1.82, 2.24) is 4.98 Å². The van der Waals surface area contributed by atoms with Gasteiger partial charge in [-0.05, 0) is 30.4 Å². The van der Waals surface area contributed by atoms with Crippen LogP contribution in [0.1, 0.15) is 37.2 Å². The molecule has 0 unspecified atom stereocenters. The molecular weight excluding hydrogens is 206 g/mol. The number of benzene rings is 1. The zero-order chi connectivity index (χ0) is 11.5. The summed E-state index contributed by atoms with van der Waals surface area (Å²) in [7, 11) is 0. The SMILES string of the molecule is c1ccc(-c2ccc(C3CCCC3)cn2)cc1. The Morgan fingerprint density at radius 2 is 1.65 bits per heavy atom. The predicted octanol–water partition coefficient (Wildman–Crippen LogP) is 4.41. The molecule has 0 spiro atoms. The Balaban J connectivity index is 1.85. The Kier molecular flexibility index (Phi) is 2.91. The van der Waals surface area contributed by atoms with Gasteiger partial charge in [-0.2, -0.15) is 0 Å². The lowest BCUT2D eigenvalue weighted by Gasteiger charge is -2.09. The van der Waals surface area contributed by atoms with Crippen LogP contribution in [0.25, 0.3) is 11.3 Å². The Hall–Kier alpha value is -1.63. The van der Waals surface area contributed by atoms with Gasteiger partial charge in [-0.25, -0.2) is 0 Å². The number of nitrogens with zero attached hydrogens (tertiary/aromatic N) is 1. The first-order chi connectivity index (χ1) is 8.43. The van der Waals surface area contributed by atoms with E-state index in [9.17, 15) is 0 Å². The average molecular weight is 223 g/mol.